The van der Waals surface area contributed by atoms with Crippen molar-refractivity contribution in [2.45, 2.75) is 104 Å². The van der Waals surface area contributed by atoms with Crippen LogP contribution in [0.15, 0.2) is 36.4 Å². The van der Waals surface area contributed by atoms with Crippen molar-refractivity contribution >= 4 is 13.9 Å². The molecule has 0 saturated carbocycles. The van der Waals surface area contributed by atoms with E-state index in [1.54, 1.807) is 0 Å². The largest absolute Gasteiger partial charge is 0.507 e. The number of aromatic hydroxyl groups is 1. The summed E-state index contributed by atoms with van der Waals surface area (Å²) in [6, 6.07) is 13.4. The molecule has 0 aromatic heterocycles. The minimum Gasteiger partial charge on any atom is -0.507 e. The molecule has 0 aliphatic heterocycles. The van der Waals surface area contributed by atoms with Gasteiger partial charge in [-0.15, -0.1) is 0 Å². The molecule has 2 unspecified atom stereocenters. The van der Waals surface area contributed by atoms with Crippen LogP contribution in [0.2, 0.25) is 0 Å². The van der Waals surface area contributed by atoms with E-state index < -0.39 is 0 Å². The van der Waals surface area contributed by atoms with Crippen LogP contribution in [0.3, 0.4) is 0 Å². The zero-order valence-corrected chi connectivity index (χ0v) is 23.9. The molecule has 184 valence electrons. The Hall–Kier alpha value is -1.37. The van der Waals surface area contributed by atoms with Gasteiger partial charge in [-0.05, 0) is 53.3 Å². The van der Waals surface area contributed by atoms with Gasteiger partial charge < -0.3 is 10.0 Å². The molecule has 0 fully saturated rings. The summed E-state index contributed by atoms with van der Waals surface area (Å²) < 4.78 is 0. The van der Waals surface area contributed by atoms with E-state index in [1.807, 2.05) is 0 Å². The highest BCUT2D eigenvalue weighted by Crippen LogP contribution is 2.51. The third-order valence-electron chi connectivity index (χ3n) is 6.57. The number of phenols is 1. The van der Waals surface area contributed by atoms with Gasteiger partial charge in [0, 0.05) is 17.3 Å². The van der Waals surface area contributed by atoms with Gasteiger partial charge in [-0.1, -0.05) is 120 Å². The lowest BCUT2D eigenvalue weighted by Gasteiger charge is -2.36. The number of rotatable bonds is 9. The summed E-state index contributed by atoms with van der Waals surface area (Å²) in [6.45, 7) is 19.1. The molecule has 2 aromatic carbocycles. The average molecular weight is 470 g/mol. The van der Waals surface area contributed by atoms with Gasteiger partial charge in [0.1, 0.15) is 5.75 Å². The van der Waals surface area contributed by atoms with Gasteiger partial charge >= 0.3 is 0 Å². The lowest BCUT2D eigenvalue weighted by Crippen LogP contribution is -2.25. The van der Waals surface area contributed by atoms with Gasteiger partial charge in [0.25, 0.3) is 0 Å². The van der Waals surface area contributed by atoms with E-state index in [1.165, 1.54) is 35.7 Å². The van der Waals surface area contributed by atoms with Crippen LogP contribution in [0.25, 0.3) is 0 Å². The lowest BCUT2D eigenvalue weighted by molar-refractivity contribution is 0.403. The Morgan fingerprint density at radius 2 is 1.45 bits per heavy atom. The first-order chi connectivity index (χ1) is 15.2. The normalized spacial score (nSPS) is 14.9. The van der Waals surface area contributed by atoms with Crippen LogP contribution in [0.4, 0.5) is 0 Å². The van der Waals surface area contributed by atoms with E-state index in [0.29, 0.717) is 14.3 Å². The third kappa shape index (κ3) is 7.30. The van der Waals surface area contributed by atoms with E-state index in [4.69, 9.17) is 0 Å². The average Bonchev–Trinajstić information content (AvgIpc) is 2.67. The topological polar surface area (TPSA) is 23.5 Å². The van der Waals surface area contributed by atoms with Crippen molar-refractivity contribution in [1.82, 2.24) is 4.90 Å². The fourth-order valence-electron chi connectivity index (χ4n) is 4.47. The first kappa shape index (κ1) is 27.9. The number of hydrogen-bond donors (Lipinski definition) is 1. The zero-order valence-electron chi connectivity index (χ0n) is 22.9. The highest BCUT2D eigenvalue weighted by Gasteiger charge is 2.34. The van der Waals surface area contributed by atoms with Crippen molar-refractivity contribution in [3.8, 4) is 5.75 Å². The van der Waals surface area contributed by atoms with E-state index in [-0.39, 0.29) is 16.0 Å². The number of phenolic OH excluding ortho intramolecular Hbond substituents is 1. The maximum Gasteiger partial charge on any atom is 0.123 e. The highest BCUT2D eigenvalue weighted by molar-refractivity contribution is 7.48. The molecule has 2 atom stereocenters. The molecule has 3 heteroatoms. The van der Waals surface area contributed by atoms with Crippen molar-refractivity contribution in [3.63, 3.8) is 0 Å². The molecule has 0 radical (unpaired) electrons. The Bertz CT molecular complexity index is 920. The van der Waals surface area contributed by atoms with Crippen LogP contribution in [0.1, 0.15) is 103 Å². The van der Waals surface area contributed by atoms with Gasteiger partial charge in [-0.25, -0.2) is 0 Å². The molecule has 0 aliphatic rings. The van der Waals surface area contributed by atoms with Crippen LogP contribution >= 0.6 is 8.58 Å². The number of nitrogens with zero attached hydrogens (tertiary/aromatic N) is 1. The summed E-state index contributed by atoms with van der Waals surface area (Å²) in [5.41, 5.74) is 4.82. The number of unbranched alkanes of at least 4 members (excludes halogenated alkanes) is 2. The fourth-order valence-corrected chi connectivity index (χ4v) is 6.19. The van der Waals surface area contributed by atoms with Crippen molar-refractivity contribution in [2.75, 3.05) is 14.1 Å². The van der Waals surface area contributed by atoms with Gasteiger partial charge in [0.05, 0.1) is 0 Å². The molecule has 0 amide bonds. The summed E-state index contributed by atoms with van der Waals surface area (Å²) in [5.74, 6) is 0.507. The molecule has 0 spiro atoms. The van der Waals surface area contributed by atoms with Crippen LogP contribution in [0, 0.1) is 0 Å². The molecule has 2 aromatic rings. The van der Waals surface area contributed by atoms with E-state index >= 15 is 0 Å². The Labute approximate surface area is 206 Å². The molecule has 0 aliphatic carbocycles. The smallest absolute Gasteiger partial charge is 0.123 e. The van der Waals surface area contributed by atoms with Gasteiger partial charge in [-0.3, -0.25) is 0 Å². The SMILES string of the molecule is CCCCCC(C)(Pc1ccccc1CN(C)C)c1cc(C(C)(C)C)cc(C(C)(C)C)c1O. The first-order valence-electron chi connectivity index (χ1n) is 12.6. The second-order valence-corrected chi connectivity index (χ2v) is 14.1. The summed E-state index contributed by atoms with van der Waals surface area (Å²) >= 11 is 0. The maximum atomic E-state index is 11.7. The summed E-state index contributed by atoms with van der Waals surface area (Å²) in [6.07, 6.45) is 4.70. The Kier molecular flexibility index (Phi) is 9.22. The Morgan fingerprint density at radius 3 is 2.00 bits per heavy atom. The lowest BCUT2D eigenvalue weighted by atomic mass is 9.77. The Balaban J connectivity index is 2.71. The van der Waals surface area contributed by atoms with Crippen LogP contribution in [-0.2, 0) is 22.5 Å². The monoisotopic (exact) mass is 469 g/mol. The van der Waals surface area contributed by atoms with Gasteiger partial charge in [0.15, 0.2) is 0 Å². The molecule has 0 heterocycles. The van der Waals surface area contributed by atoms with Crippen LogP contribution < -0.4 is 5.30 Å². The predicted molar refractivity (Wildman–Crippen MR) is 149 cm³/mol. The van der Waals surface area contributed by atoms with Crippen molar-refractivity contribution in [1.29, 1.82) is 0 Å². The van der Waals surface area contributed by atoms with Crippen LogP contribution in [-0.4, -0.2) is 24.1 Å². The minimum absolute atomic E-state index is 0.0265. The second kappa shape index (κ2) is 10.9. The van der Waals surface area contributed by atoms with Crippen molar-refractivity contribution in [3.05, 3.63) is 58.7 Å². The van der Waals surface area contributed by atoms with Crippen LogP contribution in [0.5, 0.6) is 5.75 Å². The Morgan fingerprint density at radius 1 is 0.848 bits per heavy atom. The molecule has 2 nitrogen and oxygen atoms in total. The molecule has 2 rings (SSSR count). The molecule has 1 N–H and O–H groups in total. The predicted octanol–water partition coefficient (Wildman–Crippen LogP) is 7.85. The van der Waals surface area contributed by atoms with Crippen molar-refractivity contribution < 1.29 is 5.11 Å². The molecular weight excluding hydrogens is 421 g/mol. The van der Waals surface area contributed by atoms with E-state index in [2.05, 4.69) is 111 Å². The summed E-state index contributed by atoms with van der Waals surface area (Å²) in [7, 11) is 4.87. The first-order valence-corrected chi connectivity index (χ1v) is 13.6. The molecular formula is C30H48NOP. The van der Waals surface area contributed by atoms with Gasteiger partial charge in [-0.2, -0.15) is 0 Å². The summed E-state index contributed by atoms with van der Waals surface area (Å²) in [5, 5.41) is 13.0. The van der Waals surface area contributed by atoms with Gasteiger partial charge in [0.2, 0.25) is 0 Å². The zero-order chi connectivity index (χ0) is 25.0. The highest BCUT2D eigenvalue weighted by atomic mass is 31.1. The molecule has 0 saturated heterocycles. The van der Waals surface area contributed by atoms with E-state index in [9.17, 15) is 5.11 Å². The minimum atomic E-state index is -0.115. The van der Waals surface area contributed by atoms with E-state index in [0.717, 1.165) is 24.1 Å². The second-order valence-electron chi connectivity index (χ2n) is 12.2. The third-order valence-corrected chi connectivity index (χ3v) is 8.40. The molecule has 0 bridgehead atoms. The number of benzene rings is 2. The van der Waals surface area contributed by atoms with Crippen molar-refractivity contribution in [2.24, 2.45) is 0 Å². The molecule has 33 heavy (non-hydrogen) atoms. The quantitative estimate of drug-likeness (QED) is 0.298. The fraction of sp³-hybridized carbons (Fsp3) is 0.600. The number of hydrogen-bond acceptors (Lipinski definition) is 2. The summed E-state index contributed by atoms with van der Waals surface area (Å²) in [4.78, 5) is 2.24. The maximum absolute atomic E-state index is 11.7. The standard InChI is InChI=1S/C30H48NOP/c1-11-12-15-18-30(8,33-26-17-14-13-16-22(26)21-31(9)10)25-20-23(28(2,3)4)19-24(27(25)32)29(5,6)7/h13-14,16-17,19-20,32-33H,11-12,15,18,21H2,1-10H3.